The number of anilines is 2. The molecule has 4 aromatic carbocycles. The Morgan fingerprint density at radius 1 is 0.580 bits per heavy atom. The van der Waals surface area contributed by atoms with E-state index in [2.05, 4.69) is 0 Å². The molecule has 2 amide bonds. The molecule has 4 aromatic rings. The average molecular weight is 869 g/mol. The van der Waals surface area contributed by atoms with Gasteiger partial charge >= 0.3 is 12.2 Å². The van der Waals surface area contributed by atoms with E-state index < -0.39 is 15.9 Å². The Hall–Kier alpha value is -5.49. The molecule has 0 aliphatic carbocycles. The van der Waals surface area contributed by atoms with Crippen LogP contribution in [0.15, 0.2) is 97.1 Å². The van der Waals surface area contributed by atoms with Gasteiger partial charge in [-0.15, -0.1) is 0 Å². The van der Waals surface area contributed by atoms with Gasteiger partial charge in [0.15, 0.2) is 0 Å². The third-order valence-electron chi connectivity index (χ3n) is 7.21. The number of nitro benzene ring substituents is 2. The van der Waals surface area contributed by atoms with Gasteiger partial charge in [0.25, 0.3) is 11.4 Å². The molecule has 4 N–H and O–H groups in total. The molecule has 0 fully saturated rings. The molecule has 0 aliphatic rings. The molecule has 50 heavy (non-hydrogen) atoms. The smallest absolute Gasteiger partial charge is 0.409 e. The van der Waals surface area contributed by atoms with Gasteiger partial charge < -0.3 is 38.2 Å². The van der Waals surface area contributed by atoms with E-state index in [0.29, 0.717) is 31.7 Å². The Labute approximate surface area is 305 Å². The van der Waals surface area contributed by atoms with Crippen LogP contribution in [-0.4, -0.2) is 59.1 Å². The molecule has 0 unspecified atom stereocenters. The summed E-state index contributed by atoms with van der Waals surface area (Å²) in [6.07, 6.45) is 0.363. The second kappa shape index (κ2) is 21.5. The minimum atomic E-state index is -0.523. The van der Waals surface area contributed by atoms with E-state index in [-0.39, 0.29) is 52.5 Å². The average Bonchev–Trinajstić information content (AvgIpc) is 3.10. The predicted molar refractivity (Wildman–Crippen MR) is 187 cm³/mol. The van der Waals surface area contributed by atoms with Crippen LogP contribution in [0.1, 0.15) is 22.3 Å². The molecule has 0 saturated heterocycles. The van der Waals surface area contributed by atoms with Crippen molar-refractivity contribution in [1.82, 2.24) is 9.80 Å². The number of non-ortho nitro benzene ring substituents is 2. The van der Waals surface area contributed by atoms with Crippen molar-refractivity contribution < 1.29 is 50.0 Å². The number of carbonyl (C=O) groups is 2. The van der Waals surface area contributed by atoms with Gasteiger partial charge in [-0.1, -0.05) is 48.5 Å². The Morgan fingerprint density at radius 3 is 1.16 bits per heavy atom. The standard InChI is InChI=1S/C17H17N3O6.C17H21N3O2.CH3.Pt/c1-26-17(21)18(12-14-4-8-16(9-5-14)20(24)25)11-10-13-2-6-15(7-3-13)19(22)23;1-22-17(21)20(12-14-4-8-16(19)9-5-14)11-10-13-2-6-15(18)7-3-13;;/h2-9H,10-12H2,1H3;2-9H,10-12,18-19H2,1H3;1H3;/q;;-1;. The van der Waals surface area contributed by atoms with Crippen LogP contribution in [0.25, 0.3) is 0 Å². The molecule has 0 atom stereocenters. The van der Waals surface area contributed by atoms with E-state index in [1.165, 1.54) is 43.4 Å². The van der Waals surface area contributed by atoms with Crippen LogP contribution in [0.3, 0.4) is 0 Å². The molecule has 0 bridgehead atoms. The van der Waals surface area contributed by atoms with Crippen LogP contribution in [0.4, 0.5) is 32.3 Å². The molecule has 0 heterocycles. The summed E-state index contributed by atoms with van der Waals surface area (Å²) in [5, 5.41) is 21.4. The first-order valence-electron chi connectivity index (χ1n) is 14.8. The zero-order valence-electron chi connectivity index (χ0n) is 28.0. The third kappa shape index (κ3) is 13.9. The van der Waals surface area contributed by atoms with Crippen molar-refractivity contribution in [2.45, 2.75) is 25.9 Å². The first kappa shape index (κ1) is 42.5. The summed E-state index contributed by atoms with van der Waals surface area (Å²) >= 11 is 0. The largest absolute Gasteiger partial charge is 0.453 e. The summed E-state index contributed by atoms with van der Waals surface area (Å²) in [7, 11) is 2.67. The maximum atomic E-state index is 12.0. The van der Waals surface area contributed by atoms with E-state index in [1.54, 1.807) is 29.2 Å². The van der Waals surface area contributed by atoms with E-state index in [0.717, 1.165) is 34.4 Å². The zero-order valence-corrected chi connectivity index (χ0v) is 30.3. The monoisotopic (exact) mass is 868 g/mol. The number of benzene rings is 4. The second-order valence-electron chi connectivity index (χ2n) is 10.6. The second-order valence-corrected chi connectivity index (χ2v) is 10.6. The van der Waals surface area contributed by atoms with Gasteiger partial charge in [0.1, 0.15) is 0 Å². The first-order chi connectivity index (χ1) is 23.0. The molecule has 0 aromatic heterocycles. The quantitative estimate of drug-likeness (QED) is 0.0694. The Bertz CT molecular complexity index is 1660. The van der Waals surface area contributed by atoms with E-state index >= 15 is 0 Å². The molecule has 4 rings (SSSR count). The predicted octanol–water partition coefficient (Wildman–Crippen LogP) is 6.42. The summed E-state index contributed by atoms with van der Waals surface area (Å²) in [6, 6.07) is 27.1. The van der Waals surface area contributed by atoms with Crippen LogP contribution < -0.4 is 11.5 Å². The summed E-state index contributed by atoms with van der Waals surface area (Å²) in [6.45, 7) is 1.63. The Balaban J connectivity index is 0.000000487. The third-order valence-corrected chi connectivity index (χ3v) is 7.21. The first-order valence-corrected chi connectivity index (χ1v) is 14.8. The molecular weight excluding hydrogens is 827 g/mol. The fourth-order valence-corrected chi connectivity index (χ4v) is 4.51. The number of rotatable bonds is 12. The van der Waals surface area contributed by atoms with Gasteiger partial charge in [-0.3, -0.25) is 20.2 Å². The number of nitrogens with zero attached hydrogens (tertiary/aromatic N) is 4. The summed E-state index contributed by atoms with van der Waals surface area (Å²) in [5.74, 6) is 0. The van der Waals surface area contributed by atoms with Crippen LogP contribution >= 0.6 is 0 Å². The van der Waals surface area contributed by atoms with Gasteiger partial charge in [0, 0.05) is 82.9 Å². The molecule has 15 heteroatoms. The number of nitrogen functional groups attached to an aromatic ring is 2. The van der Waals surface area contributed by atoms with Crippen molar-refractivity contribution in [2.75, 3.05) is 38.8 Å². The molecule has 14 nitrogen and oxygen atoms in total. The summed E-state index contributed by atoms with van der Waals surface area (Å²) in [5.41, 5.74) is 16.5. The van der Waals surface area contributed by atoms with Crippen molar-refractivity contribution >= 4 is 34.9 Å². The van der Waals surface area contributed by atoms with Crippen LogP contribution in [0.2, 0.25) is 0 Å². The minimum absolute atomic E-state index is 0. The summed E-state index contributed by atoms with van der Waals surface area (Å²) < 4.78 is 9.63. The molecule has 0 spiro atoms. The topological polar surface area (TPSA) is 197 Å². The van der Waals surface area contributed by atoms with Gasteiger partial charge in [-0.05, 0) is 59.4 Å². The number of ether oxygens (including phenoxy) is 2. The molecule has 0 saturated carbocycles. The number of nitrogens with two attached hydrogens (primary N) is 2. The van der Waals surface area contributed by atoms with Crippen molar-refractivity contribution in [3.05, 3.63) is 147 Å². The van der Waals surface area contributed by atoms with E-state index in [9.17, 15) is 29.8 Å². The number of hydrogen-bond donors (Lipinski definition) is 2. The fraction of sp³-hybridized carbons (Fsp3) is 0.229. The van der Waals surface area contributed by atoms with Gasteiger partial charge in [-0.2, -0.15) is 0 Å². The fourth-order valence-electron chi connectivity index (χ4n) is 4.51. The van der Waals surface area contributed by atoms with E-state index in [1.807, 2.05) is 48.5 Å². The van der Waals surface area contributed by atoms with Crippen molar-refractivity contribution in [3.63, 3.8) is 0 Å². The number of methoxy groups -OCH3 is 2. The summed E-state index contributed by atoms with van der Waals surface area (Å²) in [4.78, 5) is 47.4. The van der Waals surface area contributed by atoms with Crippen LogP contribution in [-0.2, 0) is 56.5 Å². The normalized spacial score (nSPS) is 9.80. The Kier molecular flexibility index (Phi) is 18.3. The number of amides is 2. The van der Waals surface area contributed by atoms with Crippen molar-refractivity contribution in [2.24, 2.45) is 0 Å². The van der Waals surface area contributed by atoms with Crippen LogP contribution in [0.5, 0.6) is 0 Å². The van der Waals surface area contributed by atoms with Gasteiger partial charge in [0.05, 0.1) is 24.1 Å². The SMILES string of the molecule is COC(=O)N(CCc1ccc(N)cc1)Cc1ccc(N)cc1.COC(=O)N(CCc1ccc([N+](=O)[O-])cc1)Cc1ccc([N+](=O)[O-])cc1.[CH3-].[Pt]. The van der Waals surface area contributed by atoms with Crippen molar-refractivity contribution in [3.8, 4) is 0 Å². The maximum Gasteiger partial charge on any atom is 0.409 e. The molecule has 270 valence electrons. The number of nitro groups is 2. The number of carbonyl (C=O) groups excluding carboxylic acids is 2. The maximum absolute atomic E-state index is 12.0. The molecule has 0 radical (unpaired) electrons. The van der Waals surface area contributed by atoms with E-state index in [4.69, 9.17) is 20.9 Å². The van der Waals surface area contributed by atoms with Crippen LogP contribution in [0, 0.1) is 27.7 Å². The number of hydrogen-bond acceptors (Lipinski definition) is 10. The molecule has 0 aliphatic heterocycles. The Morgan fingerprint density at radius 2 is 0.860 bits per heavy atom. The van der Waals surface area contributed by atoms with Crippen molar-refractivity contribution in [1.29, 1.82) is 0 Å². The zero-order chi connectivity index (χ0) is 35.1. The molecular formula is C35H41N6O8Pt-. The van der Waals surface area contributed by atoms with Gasteiger partial charge in [0.2, 0.25) is 0 Å². The van der Waals surface area contributed by atoms with Gasteiger partial charge in [-0.25, -0.2) is 9.59 Å². The minimum Gasteiger partial charge on any atom is -0.453 e.